The van der Waals surface area contributed by atoms with Crippen LogP contribution in [0.4, 0.5) is 0 Å². The second-order valence-corrected chi connectivity index (χ2v) is 30.4. The van der Waals surface area contributed by atoms with Crippen molar-refractivity contribution in [2.24, 2.45) is 85.8 Å². The standard InChI is InChI=1S/C63H86O6Si/c1-58-30-24-42(64)36-39(58)12-15-46-49-18-21-55(61(49,4)33-27-52(46)58)67-70(45-10-8-7-9-11-45,68-56-22-19-50-47-16-13-40-37-43(65)25-31-59(40,2)53(47)28-34-62(50,56)5)69-57-23-20-51-48-17-14-41-38-44(66)26-32-60(41,3)54(48)29-35-63(51,57)6/h7-11,36-38,46-57H,12-35H2,1-6H3/t46-,47-,48+,49+,50+,51+,52-,53+,54+,55+,56+,57+,58-,59-,60-,61-,62-,63-,70?/m0/s1. The number of hydrogen-bond donors (Lipinski definition) is 0. The SMILES string of the molecule is C[C@]12CC[C@@H]3[C@H](CCC4=CC(=O)CC[C@@]43C)[C@H]1CC[C@H]2O[Si](O[C@@H]1CC[C@@H]2[C@@H]3CCC4=CC(=O)CC[C@]4(C)[C@@H]3CC[C@@]21C)(O[C@@H]1CC[C@@H]2[C@@H]3CCC4=CC(=O)CC[C@]4(C)[C@H]3CC[C@@]21C)c1ccccc1. The van der Waals surface area contributed by atoms with E-state index in [9.17, 15) is 14.4 Å². The predicted molar refractivity (Wildman–Crippen MR) is 277 cm³/mol. The van der Waals surface area contributed by atoms with Gasteiger partial charge in [-0.05, 0) is 239 Å². The summed E-state index contributed by atoms with van der Waals surface area (Å²) in [5.74, 6) is 6.75. The summed E-state index contributed by atoms with van der Waals surface area (Å²) in [5, 5.41) is 1.17. The number of rotatable bonds is 7. The minimum absolute atomic E-state index is 0.0393. The van der Waals surface area contributed by atoms with E-state index in [1.54, 1.807) is 0 Å². The summed E-state index contributed by atoms with van der Waals surface area (Å²) in [7, 11) is -3.66. The lowest BCUT2D eigenvalue weighted by Crippen LogP contribution is -2.65. The average molecular weight is 967 g/mol. The van der Waals surface area contributed by atoms with E-state index in [1.807, 2.05) is 0 Å². The van der Waals surface area contributed by atoms with Gasteiger partial charge in [-0.1, -0.05) is 88.6 Å². The molecule has 0 aliphatic heterocycles. The maximum atomic E-state index is 12.7. The molecule has 9 fully saturated rings. The number of allylic oxidation sites excluding steroid dienone is 3. The van der Waals surface area contributed by atoms with Crippen LogP contribution in [-0.4, -0.2) is 44.5 Å². The second kappa shape index (κ2) is 16.5. The molecule has 0 bridgehead atoms. The molecule has 13 rings (SSSR count). The van der Waals surface area contributed by atoms with Gasteiger partial charge in [0, 0.05) is 24.4 Å². The van der Waals surface area contributed by atoms with Crippen molar-refractivity contribution >= 4 is 31.3 Å². The summed E-state index contributed by atoms with van der Waals surface area (Å²) in [6.07, 6.45) is 32.3. The highest BCUT2D eigenvalue weighted by atomic mass is 28.4. The maximum Gasteiger partial charge on any atom is 0.537 e. The largest absolute Gasteiger partial charge is 0.537 e. The average Bonchev–Trinajstić information content (AvgIpc) is 3.98. The van der Waals surface area contributed by atoms with Crippen LogP contribution in [-0.2, 0) is 27.7 Å². The first-order valence-electron chi connectivity index (χ1n) is 29.3. The van der Waals surface area contributed by atoms with Gasteiger partial charge in [-0.15, -0.1) is 0 Å². The van der Waals surface area contributed by atoms with E-state index in [0.717, 1.165) is 57.8 Å². The number of carbonyl (C=O) groups excluding carboxylic acids is 3. The van der Waals surface area contributed by atoms with Crippen LogP contribution in [0.15, 0.2) is 65.3 Å². The summed E-state index contributed by atoms with van der Waals surface area (Å²) in [4.78, 5) is 38.2. The van der Waals surface area contributed by atoms with Crippen molar-refractivity contribution < 1.29 is 27.7 Å². The number of benzene rings is 1. The van der Waals surface area contributed by atoms with E-state index in [4.69, 9.17) is 13.3 Å². The first-order chi connectivity index (χ1) is 33.5. The summed E-state index contributed by atoms with van der Waals surface area (Å²) >= 11 is 0. The van der Waals surface area contributed by atoms with Crippen LogP contribution in [0, 0.1) is 85.8 Å². The molecule has 0 radical (unpaired) electrons. The van der Waals surface area contributed by atoms with Crippen LogP contribution in [0.5, 0.6) is 0 Å². The number of carbonyl (C=O) groups is 3. The summed E-state index contributed by atoms with van der Waals surface area (Å²) < 4.78 is 25.0. The molecule has 0 heterocycles. The van der Waals surface area contributed by atoms with Crippen LogP contribution >= 0.6 is 0 Å². The lowest BCUT2D eigenvalue weighted by Gasteiger charge is -2.59. The van der Waals surface area contributed by atoms with E-state index < -0.39 is 8.80 Å². The molecule has 12 aliphatic rings. The zero-order chi connectivity index (χ0) is 48.2. The fraction of sp³-hybridized carbons (Fsp3) is 0.762. The lowest BCUT2D eigenvalue weighted by atomic mass is 9.47. The molecular formula is C63H86O6Si. The first-order valence-corrected chi connectivity index (χ1v) is 31.0. The summed E-state index contributed by atoms with van der Waals surface area (Å²) in [6.45, 7) is 15.4. The van der Waals surface area contributed by atoms with Crippen molar-refractivity contribution in [3.05, 3.63) is 65.3 Å². The van der Waals surface area contributed by atoms with E-state index in [1.165, 1.54) is 99.0 Å². The maximum absolute atomic E-state index is 12.7. The van der Waals surface area contributed by atoms with Crippen molar-refractivity contribution in [2.75, 3.05) is 0 Å². The molecular weight excluding hydrogens is 881 g/mol. The highest BCUT2D eigenvalue weighted by Gasteiger charge is 2.67. The van der Waals surface area contributed by atoms with Gasteiger partial charge in [0.05, 0.1) is 18.3 Å². The van der Waals surface area contributed by atoms with Gasteiger partial charge in [0.15, 0.2) is 17.3 Å². The second-order valence-electron chi connectivity index (χ2n) is 28.0. The van der Waals surface area contributed by atoms with Crippen molar-refractivity contribution in [3.8, 4) is 0 Å². The number of fused-ring (bicyclic) bond motifs is 15. The Morgan fingerprint density at radius 1 is 0.386 bits per heavy atom. The third-order valence-corrected chi connectivity index (χ3v) is 28.5. The molecule has 7 heteroatoms. The van der Waals surface area contributed by atoms with E-state index in [0.29, 0.717) is 89.9 Å². The van der Waals surface area contributed by atoms with Crippen molar-refractivity contribution in [1.82, 2.24) is 0 Å². The zero-order valence-electron chi connectivity index (χ0n) is 44.0. The molecule has 1 unspecified atom stereocenters. The van der Waals surface area contributed by atoms with E-state index >= 15 is 0 Å². The van der Waals surface area contributed by atoms with Crippen LogP contribution in [0.1, 0.15) is 196 Å². The smallest absolute Gasteiger partial charge is 0.366 e. The van der Waals surface area contributed by atoms with Gasteiger partial charge >= 0.3 is 8.80 Å². The van der Waals surface area contributed by atoms with Gasteiger partial charge in [-0.3, -0.25) is 14.4 Å². The Morgan fingerprint density at radius 3 is 1.04 bits per heavy atom. The van der Waals surface area contributed by atoms with Gasteiger partial charge in [0.1, 0.15) is 0 Å². The van der Waals surface area contributed by atoms with Crippen LogP contribution in [0.25, 0.3) is 0 Å². The topological polar surface area (TPSA) is 78.9 Å². The third kappa shape index (κ3) is 6.79. The van der Waals surface area contributed by atoms with E-state index in [2.05, 4.69) is 90.1 Å². The molecule has 9 saturated carbocycles. The normalized spacial score (nSPS) is 49.3. The Hall–Kier alpha value is -2.45. The summed E-state index contributed by atoms with van der Waals surface area (Å²) in [6, 6.07) is 11.3. The molecule has 1 aromatic carbocycles. The monoisotopic (exact) mass is 967 g/mol. The lowest BCUT2D eigenvalue weighted by molar-refractivity contribution is -0.127. The highest BCUT2D eigenvalue weighted by Crippen LogP contribution is 2.70. The minimum Gasteiger partial charge on any atom is -0.366 e. The Kier molecular flexibility index (Phi) is 11.2. The molecule has 0 N–H and O–H groups in total. The van der Waals surface area contributed by atoms with Crippen LogP contribution in [0.3, 0.4) is 0 Å². The fourth-order valence-corrected chi connectivity index (χ4v) is 25.1. The molecule has 6 nitrogen and oxygen atoms in total. The molecule has 0 aromatic heterocycles. The number of ketones is 3. The van der Waals surface area contributed by atoms with Crippen molar-refractivity contribution in [2.45, 2.75) is 214 Å². The molecule has 70 heavy (non-hydrogen) atoms. The Morgan fingerprint density at radius 2 is 0.714 bits per heavy atom. The molecule has 0 spiro atoms. The number of hydrogen-bond acceptors (Lipinski definition) is 6. The molecule has 0 amide bonds. The molecule has 1 aromatic rings. The predicted octanol–water partition coefficient (Wildman–Crippen LogP) is 13.6. The van der Waals surface area contributed by atoms with Crippen LogP contribution in [0.2, 0.25) is 0 Å². The Labute approximate surface area is 422 Å². The molecule has 0 saturated heterocycles. The Balaban J connectivity index is 0.851. The van der Waals surface area contributed by atoms with Crippen LogP contribution < -0.4 is 5.19 Å². The van der Waals surface area contributed by atoms with Crippen molar-refractivity contribution in [3.63, 3.8) is 0 Å². The third-order valence-electron chi connectivity index (χ3n) is 25.6. The van der Waals surface area contributed by atoms with Crippen molar-refractivity contribution in [1.29, 1.82) is 0 Å². The van der Waals surface area contributed by atoms with E-state index in [-0.39, 0.29) is 50.8 Å². The zero-order valence-corrected chi connectivity index (χ0v) is 45.0. The summed E-state index contributed by atoms with van der Waals surface area (Å²) in [5.41, 5.74) is 4.92. The van der Waals surface area contributed by atoms with Gasteiger partial charge in [0.2, 0.25) is 0 Å². The highest BCUT2D eigenvalue weighted by molar-refractivity contribution is 6.75. The molecule has 12 aliphatic carbocycles. The molecule has 19 atom stereocenters. The van der Waals surface area contributed by atoms with Gasteiger partial charge < -0.3 is 13.3 Å². The minimum atomic E-state index is -3.66. The first kappa shape index (κ1) is 47.3. The van der Waals surface area contributed by atoms with Gasteiger partial charge in [-0.25, -0.2) is 0 Å². The van der Waals surface area contributed by atoms with Gasteiger partial charge in [0.25, 0.3) is 0 Å². The fourth-order valence-electron chi connectivity index (χ4n) is 21.6. The molecule has 378 valence electrons. The Bertz CT molecular complexity index is 2190. The quantitative estimate of drug-likeness (QED) is 0.253. The van der Waals surface area contributed by atoms with Gasteiger partial charge in [-0.2, -0.15) is 0 Å².